The Kier molecular flexibility index (Phi) is 5.37. The molecule has 0 amide bonds. The molecule has 0 saturated carbocycles. The monoisotopic (exact) mass is 344 g/mol. The molecule has 0 saturated heterocycles. The molecule has 0 aliphatic rings. The van der Waals surface area contributed by atoms with Crippen molar-refractivity contribution < 1.29 is 0 Å². The van der Waals surface area contributed by atoms with Crippen LogP contribution >= 0.6 is 23.2 Å². The standard InChI is InChI=1S/C19H18Cl2N2/c20-17-8-9-18(19(21)12-17)16(13-23-11-10-22-14-23)7-6-15-4-2-1-3-5-15/h1-5,8-12,14,16H,6-7,13H2. The average molecular weight is 345 g/mol. The number of rotatable bonds is 6. The van der Waals surface area contributed by atoms with Crippen LogP contribution < -0.4 is 0 Å². The summed E-state index contributed by atoms with van der Waals surface area (Å²) in [5.41, 5.74) is 2.48. The molecule has 1 heterocycles. The second-order valence-corrected chi connectivity index (χ2v) is 6.49. The summed E-state index contributed by atoms with van der Waals surface area (Å²) >= 11 is 12.5. The fourth-order valence-corrected chi connectivity index (χ4v) is 3.38. The van der Waals surface area contributed by atoms with E-state index in [1.165, 1.54) is 5.56 Å². The molecule has 2 aromatic carbocycles. The molecule has 0 bridgehead atoms. The van der Waals surface area contributed by atoms with Gasteiger partial charge in [-0.05, 0) is 36.1 Å². The average Bonchev–Trinajstić information content (AvgIpc) is 3.06. The molecule has 0 N–H and O–H groups in total. The van der Waals surface area contributed by atoms with Crippen molar-refractivity contribution in [3.05, 3.63) is 88.4 Å². The first-order valence-corrected chi connectivity index (χ1v) is 8.42. The smallest absolute Gasteiger partial charge is 0.0946 e. The van der Waals surface area contributed by atoms with E-state index in [1.807, 2.05) is 36.8 Å². The Hall–Kier alpha value is -1.77. The Bertz CT molecular complexity index is 739. The van der Waals surface area contributed by atoms with E-state index < -0.39 is 0 Å². The van der Waals surface area contributed by atoms with Crippen molar-refractivity contribution in [2.24, 2.45) is 0 Å². The van der Waals surface area contributed by atoms with Crippen LogP contribution in [-0.2, 0) is 13.0 Å². The van der Waals surface area contributed by atoms with Crippen LogP contribution in [0.3, 0.4) is 0 Å². The Balaban J connectivity index is 1.81. The largest absolute Gasteiger partial charge is 0.337 e. The third-order valence-electron chi connectivity index (χ3n) is 4.02. The summed E-state index contributed by atoms with van der Waals surface area (Å²) in [6.07, 6.45) is 7.67. The van der Waals surface area contributed by atoms with E-state index in [9.17, 15) is 0 Å². The topological polar surface area (TPSA) is 17.8 Å². The molecule has 0 radical (unpaired) electrons. The molecular weight excluding hydrogens is 327 g/mol. The summed E-state index contributed by atoms with van der Waals surface area (Å²) in [7, 11) is 0. The van der Waals surface area contributed by atoms with Crippen molar-refractivity contribution >= 4 is 23.2 Å². The molecule has 23 heavy (non-hydrogen) atoms. The molecule has 0 spiro atoms. The minimum atomic E-state index is 0.314. The predicted molar refractivity (Wildman–Crippen MR) is 96.2 cm³/mol. The Morgan fingerprint density at radius 3 is 2.57 bits per heavy atom. The number of benzene rings is 2. The third kappa shape index (κ3) is 4.37. The van der Waals surface area contributed by atoms with E-state index in [1.54, 1.807) is 6.20 Å². The number of aromatic nitrogens is 2. The third-order valence-corrected chi connectivity index (χ3v) is 4.58. The fraction of sp³-hybridized carbons (Fsp3) is 0.211. The Labute approximate surface area is 146 Å². The van der Waals surface area contributed by atoms with Crippen molar-refractivity contribution in [3.63, 3.8) is 0 Å². The maximum absolute atomic E-state index is 6.44. The number of hydrogen-bond acceptors (Lipinski definition) is 1. The molecule has 0 aliphatic carbocycles. The van der Waals surface area contributed by atoms with Gasteiger partial charge in [0.25, 0.3) is 0 Å². The van der Waals surface area contributed by atoms with E-state index >= 15 is 0 Å². The van der Waals surface area contributed by atoms with Crippen molar-refractivity contribution in [1.82, 2.24) is 9.55 Å². The quantitative estimate of drug-likeness (QED) is 0.568. The maximum atomic E-state index is 6.44. The van der Waals surface area contributed by atoms with Gasteiger partial charge in [0.05, 0.1) is 6.33 Å². The number of imidazole rings is 1. The van der Waals surface area contributed by atoms with Crippen LogP contribution in [0.1, 0.15) is 23.5 Å². The van der Waals surface area contributed by atoms with Crippen LogP contribution in [-0.4, -0.2) is 9.55 Å². The van der Waals surface area contributed by atoms with Gasteiger partial charge in [0, 0.05) is 34.9 Å². The van der Waals surface area contributed by atoms with Crippen molar-refractivity contribution in [3.8, 4) is 0 Å². The lowest BCUT2D eigenvalue weighted by molar-refractivity contribution is 0.525. The number of halogens is 2. The summed E-state index contributed by atoms with van der Waals surface area (Å²) in [6, 6.07) is 16.3. The first-order chi connectivity index (χ1) is 11.2. The molecule has 3 aromatic rings. The van der Waals surface area contributed by atoms with Gasteiger partial charge in [-0.3, -0.25) is 0 Å². The van der Waals surface area contributed by atoms with Gasteiger partial charge in [0.15, 0.2) is 0 Å². The molecule has 1 atom stereocenters. The lowest BCUT2D eigenvalue weighted by Crippen LogP contribution is -2.10. The number of aryl methyl sites for hydroxylation is 1. The van der Waals surface area contributed by atoms with E-state index in [0.29, 0.717) is 10.9 Å². The van der Waals surface area contributed by atoms with E-state index in [-0.39, 0.29) is 0 Å². The number of nitrogens with zero attached hydrogens (tertiary/aromatic N) is 2. The minimum absolute atomic E-state index is 0.314. The van der Waals surface area contributed by atoms with Crippen LogP contribution in [0.2, 0.25) is 10.0 Å². The highest BCUT2D eigenvalue weighted by Crippen LogP contribution is 2.31. The molecule has 4 heteroatoms. The van der Waals surface area contributed by atoms with Crippen LogP contribution in [0.15, 0.2) is 67.3 Å². The van der Waals surface area contributed by atoms with Crippen molar-refractivity contribution in [1.29, 1.82) is 0 Å². The van der Waals surface area contributed by atoms with Gasteiger partial charge in [-0.1, -0.05) is 59.6 Å². The highest BCUT2D eigenvalue weighted by atomic mass is 35.5. The number of hydrogen-bond donors (Lipinski definition) is 0. The molecule has 1 unspecified atom stereocenters. The Morgan fingerprint density at radius 1 is 1.04 bits per heavy atom. The highest BCUT2D eigenvalue weighted by Gasteiger charge is 2.16. The van der Waals surface area contributed by atoms with Gasteiger partial charge in [0.2, 0.25) is 0 Å². The fourth-order valence-electron chi connectivity index (χ4n) is 2.81. The molecular formula is C19H18Cl2N2. The molecule has 1 aromatic heterocycles. The second-order valence-electron chi connectivity index (χ2n) is 5.65. The normalized spacial score (nSPS) is 12.3. The zero-order valence-electron chi connectivity index (χ0n) is 12.7. The molecule has 3 rings (SSSR count). The molecule has 2 nitrogen and oxygen atoms in total. The Morgan fingerprint density at radius 2 is 1.87 bits per heavy atom. The van der Waals surface area contributed by atoms with E-state index in [2.05, 4.69) is 33.8 Å². The minimum Gasteiger partial charge on any atom is -0.337 e. The zero-order chi connectivity index (χ0) is 16.1. The molecule has 0 fully saturated rings. The molecule has 0 aliphatic heterocycles. The van der Waals surface area contributed by atoms with Gasteiger partial charge >= 0.3 is 0 Å². The first kappa shape index (κ1) is 16.1. The van der Waals surface area contributed by atoms with Crippen molar-refractivity contribution in [2.45, 2.75) is 25.3 Å². The summed E-state index contributed by atoms with van der Waals surface area (Å²) < 4.78 is 2.10. The van der Waals surface area contributed by atoms with E-state index in [4.69, 9.17) is 23.2 Å². The first-order valence-electron chi connectivity index (χ1n) is 7.67. The van der Waals surface area contributed by atoms with E-state index in [0.717, 1.165) is 30.0 Å². The maximum Gasteiger partial charge on any atom is 0.0946 e. The zero-order valence-corrected chi connectivity index (χ0v) is 14.2. The van der Waals surface area contributed by atoms with Crippen LogP contribution in [0.5, 0.6) is 0 Å². The highest BCUT2D eigenvalue weighted by molar-refractivity contribution is 6.35. The molecule has 118 valence electrons. The predicted octanol–water partition coefficient (Wildman–Crippen LogP) is 5.61. The summed E-state index contributed by atoms with van der Waals surface area (Å²) in [5, 5.41) is 1.40. The van der Waals surface area contributed by atoms with Gasteiger partial charge in [-0.2, -0.15) is 0 Å². The van der Waals surface area contributed by atoms with Crippen LogP contribution in [0.25, 0.3) is 0 Å². The summed E-state index contributed by atoms with van der Waals surface area (Å²) in [4.78, 5) is 4.13. The van der Waals surface area contributed by atoms with Gasteiger partial charge in [-0.15, -0.1) is 0 Å². The van der Waals surface area contributed by atoms with Crippen LogP contribution in [0, 0.1) is 0 Å². The summed E-state index contributed by atoms with van der Waals surface area (Å²) in [6.45, 7) is 0.855. The lowest BCUT2D eigenvalue weighted by Gasteiger charge is -2.19. The SMILES string of the molecule is Clc1ccc(C(CCc2ccccc2)Cn2ccnc2)c(Cl)c1. The lowest BCUT2D eigenvalue weighted by atomic mass is 9.92. The van der Waals surface area contributed by atoms with Crippen LogP contribution in [0.4, 0.5) is 0 Å². The van der Waals surface area contributed by atoms with Gasteiger partial charge in [-0.25, -0.2) is 4.98 Å². The second kappa shape index (κ2) is 7.67. The van der Waals surface area contributed by atoms with Crippen molar-refractivity contribution in [2.75, 3.05) is 0 Å². The van der Waals surface area contributed by atoms with Gasteiger partial charge < -0.3 is 4.57 Å². The van der Waals surface area contributed by atoms with Gasteiger partial charge in [0.1, 0.15) is 0 Å². The summed E-state index contributed by atoms with van der Waals surface area (Å²) in [5.74, 6) is 0.314.